The Morgan fingerprint density at radius 2 is 1.95 bits per heavy atom. The van der Waals surface area contributed by atoms with Crippen molar-refractivity contribution in [1.82, 2.24) is 19.1 Å². The van der Waals surface area contributed by atoms with Crippen molar-refractivity contribution in [3.8, 4) is 29.1 Å². The van der Waals surface area contributed by atoms with E-state index < -0.39 is 23.7 Å². The summed E-state index contributed by atoms with van der Waals surface area (Å²) in [4.78, 5) is 37.8. The van der Waals surface area contributed by atoms with Crippen molar-refractivity contribution in [2.45, 2.75) is 13.0 Å². The SMILES string of the molecule is COc1nc(N2CC[C@@H](C#N)C2)cc2c1c(=O)n(-c1cncc(OC(F)F)c1)c(=O)n2-c1ccc(F)c(Cl)c1. The molecule has 10 nitrogen and oxygen atoms in total. The number of halogens is 4. The minimum absolute atomic E-state index is 0.0686. The average molecular weight is 559 g/mol. The van der Waals surface area contributed by atoms with Crippen LogP contribution in [0.1, 0.15) is 6.42 Å². The minimum atomic E-state index is -3.16. The van der Waals surface area contributed by atoms with E-state index in [2.05, 4.69) is 20.8 Å². The number of hydrogen-bond donors (Lipinski definition) is 0. The van der Waals surface area contributed by atoms with E-state index in [1.54, 1.807) is 0 Å². The van der Waals surface area contributed by atoms with Crippen LogP contribution in [0.15, 0.2) is 52.3 Å². The maximum absolute atomic E-state index is 14.0. The number of fused-ring (bicyclic) bond motifs is 1. The molecule has 3 aromatic heterocycles. The Balaban J connectivity index is 1.85. The molecule has 1 atom stereocenters. The van der Waals surface area contributed by atoms with Crippen LogP contribution in [-0.4, -0.2) is 45.9 Å². The van der Waals surface area contributed by atoms with Gasteiger partial charge in [0.05, 0.1) is 53.4 Å². The highest BCUT2D eigenvalue weighted by atomic mass is 35.5. The molecule has 0 aliphatic carbocycles. The smallest absolute Gasteiger partial charge is 0.387 e. The van der Waals surface area contributed by atoms with E-state index in [0.717, 1.165) is 29.1 Å². The third kappa shape index (κ3) is 4.74. The Labute approximate surface area is 223 Å². The lowest BCUT2D eigenvalue weighted by atomic mass is 10.1. The zero-order chi connectivity index (χ0) is 27.8. The highest BCUT2D eigenvalue weighted by Gasteiger charge is 2.27. The number of nitrogens with zero attached hydrogens (tertiary/aromatic N) is 6. The number of benzene rings is 1. The number of pyridine rings is 2. The number of hydrogen-bond acceptors (Lipinski definition) is 8. The fourth-order valence-electron chi connectivity index (χ4n) is 4.46. The number of methoxy groups -OCH3 is 1. The molecular weight excluding hydrogens is 541 g/mol. The summed E-state index contributed by atoms with van der Waals surface area (Å²) in [6.07, 6.45) is 2.72. The Morgan fingerprint density at radius 3 is 2.62 bits per heavy atom. The van der Waals surface area contributed by atoms with Crippen molar-refractivity contribution in [3.63, 3.8) is 0 Å². The van der Waals surface area contributed by atoms with E-state index in [1.165, 1.54) is 25.3 Å². The molecule has 1 aromatic carbocycles. The van der Waals surface area contributed by atoms with E-state index in [-0.39, 0.29) is 44.8 Å². The fraction of sp³-hybridized carbons (Fsp3) is 0.240. The van der Waals surface area contributed by atoms with Gasteiger partial charge in [-0.15, -0.1) is 0 Å². The normalized spacial score (nSPS) is 15.1. The van der Waals surface area contributed by atoms with Gasteiger partial charge in [-0.3, -0.25) is 14.3 Å². The number of anilines is 1. The molecule has 4 aromatic rings. The second-order valence-electron chi connectivity index (χ2n) is 8.56. The van der Waals surface area contributed by atoms with Crippen molar-refractivity contribution >= 4 is 28.3 Å². The molecule has 0 bridgehead atoms. The third-order valence-corrected chi connectivity index (χ3v) is 6.51. The van der Waals surface area contributed by atoms with Crippen LogP contribution in [0.25, 0.3) is 22.3 Å². The fourth-order valence-corrected chi connectivity index (χ4v) is 4.63. The molecule has 5 rings (SSSR count). The minimum Gasteiger partial charge on any atom is -0.480 e. The zero-order valence-corrected chi connectivity index (χ0v) is 20.9. The Kier molecular flexibility index (Phi) is 6.88. The topological polar surface area (TPSA) is 115 Å². The van der Waals surface area contributed by atoms with E-state index >= 15 is 0 Å². The quantitative estimate of drug-likeness (QED) is 0.352. The van der Waals surface area contributed by atoms with Gasteiger partial charge in [-0.2, -0.15) is 19.0 Å². The Morgan fingerprint density at radius 1 is 1.15 bits per heavy atom. The Bertz CT molecular complexity index is 1750. The Hall–Kier alpha value is -4.57. The van der Waals surface area contributed by atoms with Gasteiger partial charge in [0.2, 0.25) is 5.88 Å². The molecule has 1 aliphatic heterocycles. The van der Waals surface area contributed by atoms with Gasteiger partial charge in [0.25, 0.3) is 5.56 Å². The van der Waals surface area contributed by atoms with E-state index in [0.29, 0.717) is 29.9 Å². The highest BCUT2D eigenvalue weighted by molar-refractivity contribution is 6.30. The largest absolute Gasteiger partial charge is 0.480 e. The standard InChI is InChI=1S/C25H18ClF3N6O4/c1-38-22-21-19(8-20(32-22)33-5-4-13(9-30)12-33)34(14-2-3-18(27)17(26)7-14)25(37)35(23(21)36)15-6-16(11-31-10-15)39-24(28)29/h2-3,6-8,10-11,13,24H,4-5,12H2,1H3/t13-/m0/s1. The van der Waals surface area contributed by atoms with Crippen LogP contribution in [0.5, 0.6) is 11.6 Å². The molecule has 0 amide bonds. The second kappa shape index (κ2) is 10.3. The lowest BCUT2D eigenvalue weighted by Gasteiger charge is -2.21. The summed E-state index contributed by atoms with van der Waals surface area (Å²) in [5, 5.41) is 8.91. The number of rotatable bonds is 6. The second-order valence-corrected chi connectivity index (χ2v) is 8.97. The summed E-state index contributed by atoms with van der Waals surface area (Å²) in [5.74, 6) is -1.12. The summed E-state index contributed by atoms with van der Waals surface area (Å²) in [7, 11) is 1.29. The summed E-state index contributed by atoms with van der Waals surface area (Å²) >= 11 is 6.02. The van der Waals surface area contributed by atoms with Gasteiger partial charge in [-0.1, -0.05) is 11.6 Å². The van der Waals surface area contributed by atoms with E-state index in [9.17, 15) is 28.0 Å². The van der Waals surface area contributed by atoms with Crippen molar-refractivity contribution < 1.29 is 22.6 Å². The van der Waals surface area contributed by atoms with Gasteiger partial charge in [0.15, 0.2) is 0 Å². The number of alkyl halides is 2. The lowest BCUT2D eigenvalue weighted by molar-refractivity contribution is -0.0500. The third-order valence-electron chi connectivity index (χ3n) is 6.22. The van der Waals surface area contributed by atoms with Crippen LogP contribution in [0.2, 0.25) is 5.02 Å². The maximum atomic E-state index is 14.0. The molecule has 0 unspecified atom stereocenters. The first-order valence-electron chi connectivity index (χ1n) is 11.5. The van der Waals surface area contributed by atoms with Crippen LogP contribution in [0.4, 0.5) is 19.0 Å². The highest BCUT2D eigenvalue weighted by Crippen LogP contribution is 2.31. The molecule has 1 aliphatic rings. The molecule has 1 fully saturated rings. The van der Waals surface area contributed by atoms with Gasteiger partial charge in [0, 0.05) is 25.2 Å². The molecule has 1 saturated heterocycles. The summed E-state index contributed by atoms with van der Waals surface area (Å²) < 4.78 is 51.3. The molecule has 0 spiro atoms. The lowest BCUT2D eigenvalue weighted by Crippen LogP contribution is -2.39. The van der Waals surface area contributed by atoms with Crippen LogP contribution >= 0.6 is 11.6 Å². The molecule has 14 heteroatoms. The van der Waals surface area contributed by atoms with Crippen molar-refractivity contribution in [2.24, 2.45) is 5.92 Å². The maximum Gasteiger partial charge on any atom is 0.387 e. The van der Waals surface area contributed by atoms with Crippen molar-refractivity contribution in [2.75, 3.05) is 25.1 Å². The first-order chi connectivity index (χ1) is 18.7. The summed E-state index contributed by atoms with van der Waals surface area (Å²) in [6.45, 7) is -2.28. The number of ether oxygens (including phenoxy) is 2. The summed E-state index contributed by atoms with van der Waals surface area (Å²) in [6, 6.07) is 8.32. The van der Waals surface area contributed by atoms with Crippen LogP contribution < -0.4 is 25.6 Å². The number of nitriles is 1. The van der Waals surface area contributed by atoms with Gasteiger partial charge < -0.3 is 14.4 Å². The molecule has 200 valence electrons. The van der Waals surface area contributed by atoms with Crippen LogP contribution in [0, 0.1) is 23.1 Å². The monoisotopic (exact) mass is 558 g/mol. The van der Waals surface area contributed by atoms with E-state index in [4.69, 9.17) is 16.3 Å². The average Bonchev–Trinajstić information content (AvgIpc) is 3.39. The van der Waals surface area contributed by atoms with E-state index in [1.807, 2.05) is 4.90 Å². The van der Waals surface area contributed by atoms with Gasteiger partial charge >= 0.3 is 12.3 Å². The molecule has 0 N–H and O–H groups in total. The first-order valence-corrected chi connectivity index (χ1v) is 11.9. The van der Waals surface area contributed by atoms with Gasteiger partial charge in [-0.05, 0) is 24.6 Å². The zero-order valence-electron chi connectivity index (χ0n) is 20.1. The predicted octanol–water partition coefficient (Wildman–Crippen LogP) is 3.68. The van der Waals surface area contributed by atoms with Gasteiger partial charge in [0.1, 0.15) is 22.8 Å². The first kappa shape index (κ1) is 26.1. The molecule has 4 heterocycles. The molecule has 0 saturated carbocycles. The van der Waals surface area contributed by atoms with Crippen LogP contribution in [-0.2, 0) is 0 Å². The van der Waals surface area contributed by atoms with Crippen LogP contribution in [0.3, 0.4) is 0 Å². The van der Waals surface area contributed by atoms with Crippen molar-refractivity contribution in [1.29, 1.82) is 5.26 Å². The molecular formula is C25H18ClF3N6O4. The molecule has 39 heavy (non-hydrogen) atoms. The van der Waals surface area contributed by atoms with Crippen molar-refractivity contribution in [3.05, 3.63) is 74.4 Å². The van der Waals surface area contributed by atoms with Gasteiger partial charge in [-0.25, -0.2) is 13.8 Å². The molecule has 0 radical (unpaired) electrons. The number of aromatic nitrogens is 4. The summed E-state index contributed by atoms with van der Waals surface area (Å²) in [5.41, 5.74) is -1.80. The predicted molar refractivity (Wildman–Crippen MR) is 135 cm³/mol.